The molecule has 1 saturated heterocycles. The lowest BCUT2D eigenvalue weighted by Crippen LogP contribution is -2.42. The van der Waals surface area contributed by atoms with E-state index in [-0.39, 0.29) is 17.9 Å². The maximum atomic E-state index is 12.0. The van der Waals surface area contributed by atoms with Gasteiger partial charge in [0.1, 0.15) is 5.65 Å². The summed E-state index contributed by atoms with van der Waals surface area (Å²) in [5, 5.41) is 3.95. The molecule has 1 amide bonds. The van der Waals surface area contributed by atoms with Crippen LogP contribution >= 0.6 is 0 Å². The number of anilines is 2. The Morgan fingerprint density at radius 1 is 1.55 bits per heavy atom. The molecule has 1 aliphatic heterocycles. The van der Waals surface area contributed by atoms with Crippen molar-refractivity contribution in [1.29, 1.82) is 0 Å². The van der Waals surface area contributed by atoms with Crippen molar-refractivity contribution in [2.45, 2.75) is 32.7 Å². The van der Waals surface area contributed by atoms with Crippen LogP contribution in [0.15, 0.2) is 18.5 Å². The van der Waals surface area contributed by atoms with E-state index in [1.54, 1.807) is 6.20 Å². The van der Waals surface area contributed by atoms with Crippen molar-refractivity contribution >= 4 is 28.3 Å². The molecule has 22 heavy (non-hydrogen) atoms. The van der Waals surface area contributed by atoms with Gasteiger partial charge in [-0.05, 0) is 18.9 Å². The van der Waals surface area contributed by atoms with Gasteiger partial charge < -0.3 is 20.9 Å². The first kappa shape index (κ1) is 14.8. The molecule has 0 aromatic carbocycles. The molecule has 1 fully saturated rings. The number of carbonyl (C=O) groups excluding carboxylic acids is 1. The van der Waals surface area contributed by atoms with Gasteiger partial charge in [-0.25, -0.2) is 4.98 Å². The summed E-state index contributed by atoms with van der Waals surface area (Å²) in [6, 6.07) is 2.20. The molecule has 1 aliphatic rings. The largest absolute Gasteiger partial charge is 0.369 e. The van der Waals surface area contributed by atoms with Crippen LogP contribution in [0.3, 0.4) is 0 Å². The van der Waals surface area contributed by atoms with Crippen LogP contribution in [0.4, 0.5) is 11.4 Å². The average Bonchev–Trinajstić information content (AvgIpc) is 2.90. The summed E-state index contributed by atoms with van der Waals surface area (Å²) in [4.78, 5) is 21.8. The van der Waals surface area contributed by atoms with Crippen LogP contribution in [-0.4, -0.2) is 35.0 Å². The number of aromatic nitrogens is 2. The fourth-order valence-corrected chi connectivity index (χ4v) is 2.91. The first-order chi connectivity index (χ1) is 10.6. The molecule has 118 valence electrons. The number of piperidine rings is 1. The molecular formula is C16H23N5O. The molecule has 1 atom stereocenters. The van der Waals surface area contributed by atoms with Crippen LogP contribution in [0, 0.1) is 5.92 Å². The molecule has 3 rings (SSSR count). The first-order valence-corrected chi connectivity index (χ1v) is 7.83. The van der Waals surface area contributed by atoms with E-state index in [4.69, 9.17) is 5.73 Å². The number of nitrogens with one attached hydrogen (secondary N) is 2. The molecule has 0 spiro atoms. The second-order valence-electron chi connectivity index (χ2n) is 6.25. The Morgan fingerprint density at radius 3 is 3.09 bits per heavy atom. The summed E-state index contributed by atoms with van der Waals surface area (Å²) in [6.45, 7) is 5.58. The van der Waals surface area contributed by atoms with Gasteiger partial charge in [-0.1, -0.05) is 13.8 Å². The van der Waals surface area contributed by atoms with Crippen LogP contribution < -0.4 is 16.0 Å². The summed E-state index contributed by atoms with van der Waals surface area (Å²) in [7, 11) is 0. The Balaban J connectivity index is 1.99. The number of fused-ring (bicyclic) bond motifs is 1. The summed E-state index contributed by atoms with van der Waals surface area (Å²) in [6.07, 6.45) is 5.76. The monoisotopic (exact) mass is 301 g/mol. The van der Waals surface area contributed by atoms with E-state index >= 15 is 0 Å². The lowest BCUT2D eigenvalue weighted by atomic mass is 10.1. The van der Waals surface area contributed by atoms with Gasteiger partial charge >= 0.3 is 0 Å². The second kappa shape index (κ2) is 5.96. The van der Waals surface area contributed by atoms with Crippen molar-refractivity contribution in [3.05, 3.63) is 18.5 Å². The van der Waals surface area contributed by atoms with Crippen LogP contribution in [-0.2, 0) is 4.79 Å². The number of hydrogen-bond donors (Lipinski definition) is 3. The molecular weight excluding hydrogens is 278 g/mol. The van der Waals surface area contributed by atoms with Crippen LogP contribution in [0.1, 0.15) is 26.7 Å². The summed E-state index contributed by atoms with van der Waals surface area (Å²) in [5.41, 5.74) is 8.76. The van der Waals surface area contributed by atoms with Gasteiger partial charge in [-0.15, -0.1) is 0 Å². The highest BCUT2D eigenvalue weighted by Crippen LogP contribution is 2.33. The fourth-order valence-electron chi connectivity index (χ4n) is 2.91. The topological polar surface area (TPSA) is 87.0 Å². The zero-order valence-electron chi connectivity index (χ0n) is 13.1. The Kier molecular flexibility index (Phi) is 4.02. The van der Waals surface area contributed by atoms with Crippen molar-refractivity contribution < 1.29 is 4.79 Å². The third-order valence-corrected chi connectivity index (χ3v) is 4.13. The minimum Gasteiger partial charge on any atom is -0.369 e. The van der Waals surface area contributed by atoms with E-state index in [2.05, 4.69) is 20.2 Å². The van der Waals surface area contributed by atoms with Gasteiger partial charge in [0.15, 0.2) is 0 Å². The minimum atomic E-state index is -0.0616. The number of nitrogens with two attached hydrogens (primary N) is 1. The normalized spacial score (nSPS) is 18.9. The van der Waals surface area contributed by atoms with E-state index < -0.39 is 0 Å². The maximum absolute atomic E-state index is 12.0. The van der Waals surface area contributed by atoms with E-state index in [1.807, 2.05) is 26.1 Å². The molecule has 3 heterocycles. The van der Waals surface area contributed by atoms with Crippen molar-refractivity contribution in [3.63, 3.8) is 0 Å². The molecule has 6 nitrogen and oxygen atoms in total. The molecule has 0 saturated carbocycles. The number of rotatable bonds is 3. The third-order valence-electron chi connectivity index (χ3n) is 4.13. The molecule has 0 bridgehead atoms. The van der Waals surface area contributed by atoms with Crippen LogP contribution in [0.2, 0.25) is 0 Å². The van der Waals surface area contributed by atoms with Gasteiger partial charge in [0.2, 0.25) is 5.91 Å². The smallest absolute Gasteiger partial charge is 0.226 e. The summed E-state index contributed by atoms with van der Waals surface area (Å²) >= 11 is 0. The van der Waals surface area contributed by atoms with Crippen molar-refractivity contribution in [2.75, 3.05) is 23.3 Å². The third kappa shape index (κ3) is 2.78. The Bertz CT molecular complexity index is 678. The molecule has 4 N–H and O–H groups in total. The lowest BCUT2D eigenvalue weighted by molar-refractivity contribution is -0.118. The molecule has 2 aromatic heterocycles. The molecule has 0 unspecified atom stereocenters. The van der Waals surface area contributed by atoms with E-state index in [0.717, 1.165) is 48.3 Å². The number of aromatic amines is 1. The predicted octanol–water partition coefficient (Wildman–Crippen LogP) is 2.08. The first-order valence-electron chi connectivity index (χ1n) is 7.83. The maximum Gasteiger partial charge on any atom is 0.226 e. The van der Waals surface area contributed by atoms with E-state index in [1.165, 1.54) is 0 Å². The number of hydrogen-bond acceptors (Lipinski definition) is 4. The van der Waals surface area contributed by atoms with E-state index in [0.29, 0.717) is 0 Å². The zero-order chi connectivity index (χ0) is 15.7. The van der Waals surface area contributed by atoms with Crippen LogP contribution in [0.5, 0.6) is 0 Å². The van der Waals surface area contributed by atoms with E-state index in [9.17, 15) is 4.79 Å². The Hall–Kier alpha value is -2.08. The number of nitrogens with zero attached hydrogens (tertiary/aromatic N) is 2. The van der Waals surface area contributed by atoms with Gasteiger partial charge in [-0.3, -0.25) is 4.79 Å². The highest BCUT2D eigenvalue weighted by Gasteiger charge is 2.21. The summed E-state index contributed by atoms with van der Waals surface area (Å²) in [5.74, 6) is -0.0560. The zero-order valence-corrected chi connectivity index (χ0v) is 13.1. The molecule has 0 radical (unpaired) electrons. The highest BCUT2D eigenvalue weighted by atomic mass is 16.1. The van der Waals surface area contributed by atoms with Gasteiger partial charge in [0.25, 0.3) is 0 Å². The summed E-state index contributed by atoms with van der Waals surface area (Å²) < 4.78 is 0. The Morgan fingerprint density at radius 2 is 2.36 bits per heavy atom. The van der Waals surface area contributed by atoms with Gasteiger partial charge in [-0.2, -0.15) is 0 Å². The molecule has 6 heteroatoms. The number of carbonyl (C=O) groups is 1. The van der Waals surface area contributed by atoms with Gasteiger partial charge in [0.05, 0.1) is 16.8 Å². The SMILES string of the molecule is CC(C)C(=O)Nc1c[nH]c2nccc(N3CCC[C@@H](N)C3)c12. The average molecular weight is 301 g/mol. The number of H-pyrrole nitrogens is 1. The minimum absolute atomic E-state index is 0.00560. The molecule has 0 aliphatic carbocycles. The predicted molar refractivity (Wildman–Crippen MR) is 89.0 cm³/mol. The van der Waals surface area contributed by atoms with Crippen LogP contribution in [0.25, 0.3) is 11.0 Å². The van der Waals surface area contributed by atoms with Crippen molar-refractivity contribution in [1.82, 2.24) is 9.97 Å². The van der Waals surface area contributed by atoms with Crippen molar-refractivity contribution in [3.8, 4) is 0 Å². The second-order valence-corrected chi connectivity index (χ2v) is 6.25. The number of amides is 1. The lowest BCUT2D eigenvalue weighted by Gasteiger charge is -2.33. The number of pyridine rings is 1. The van der Waals surface area contributed by atoms with Crippen molar-refractivity contribution in [2.24, 2.45) is 11.7 Å². The highest BCUT2D eigenvalue weighted by molar-refractivity contribution is 6.06. The Labute approximate surface area is 130 Å². The van der Waals surface area contributed by atoms with Gasteiger partial charge in [0, 0.05) is 37.4 Å². The fraction of sp³-hybridized carbons (Fsp3) is 0.500. The standard InChI is InChI=1S/C16H23N5O/c1-10(2)16(22)20-12-8-19-15-14(12)13(5-6-18-15)21-7-3-4-11(17)9-21/h5-6,8,10-11H,3-4,7,9,17H2,1-2H3,(H,18,19)(H,20,22)/t11-/m1/s1. The molecule has 2 aromatic rings. The quantitative estimate of drug-likeness (QED) is 0.810.